The Balaban J connectivity index is 1.71. The van der Waals surface area contributed by atoms with Crippen molar-refractivity contribution >= 4 is 11.7 Å². The number of aromatic nitrogens is 1. The summed E-state index contributed by atoms with van der Waals surface area (Å²) in [6, 6.07) is -0.193. The zero-order valence-corrected chi connectivity index (χ0v) is 10.0. The molecule has 1 aromatic rings. The molecule has 96 valence electrons. The van der Waals surface area contributed by atoms with Crippen LogP contribution in [0.25, 0.3) is 0 Å². The Morgan fingerprint density at radius 3 is 2.94 bits per heavy atom. The molecule has 1 amide bonds. The van der Waals surface area contributed by atoms with Gasteiger partial charge >= 0.3 is 0 Å². The zero-order chi connectivity index (χ0) is 12.8. The summed E-state index contributed by atoms with van der Waals surface area (Å²) < 4.78 is 5.19. The fourth-order valence-corrected chi connectivity index (χ4v) is 2.48. The molecule has 0 aromatic carbocycles. The van der Waals surface area contributed by atoms with Gasteiger partial charge in [-0.3, -0.25) is 4.79 Å². The number of nitrogens with two attached hydrogens (primary N) is 1. The topological polar surface area (TPSA) is 93.2 Å². The lowest BCUT2D eigenvalue weighted by molar-refractivity contribution is -0.133. The Morgan fingerprint density at radius 1 is 1.61 bits per heavy atom. The molecule has 1 saturated carbocycles. The lowest BCUT2D eigenvalue weighted by atomic mass is 9.74. The SMILES string of the molecule is C=C1NC2(CCC2)C(=O)NC1Cc1nc(N)co1. The molecular formula is C12H16N4O2. The van der Waals surface area contributed by atoms with Gasteiger partial charge in [0.05, 0.1) is 12.5 Å². The molecule has 1 aliphatic carbocycles. The molecular weight excluding hydrogens is 232 g/mol. The highest BCUT2D eigenvalue weighted by Crippen LogP contribution is 2.35. The zero-order valence-electron chi connectivity index (χ0n) is 10.0. The first kappa shape index (κ1) is 11.1. The molecule has 0 bridgehead atoms. The number of carbonyl (C=O) groups is 1. The summed E-state index contributed by atoms with van der Waals surface area (Å²) in [5, 5.41) is 6.22. The van der Waals surface area contributed by atoms with Crippen molar-refractivity contribution < 1.29 is 9.21 Å². The molecule has 1 aromatic heterocycles. The Hall–Kier alpha value is -1.98. The second kappa shape index (κ2) is 3.76. The molecule has 3 rings (SSSR count). The number of nitrogen functional groups attached to an aromatic ring is 1. The van der Waals surface area contributed by atoms with Gasteiger partial charge < -0.3 is 20.8 Å². The van der Waals surface area contributed by atoms with Crippen LogP contribution in [-0.4, -0.2) is 22.5 Å². The third-order valence-electron chi connectivity index (χ3n) is 3.72. The molecule has 1 spiro atoms. The summed E-state index contributed by atoms with van der Waals surface area (Å²) in [5.74, 6) is 0.900. The molecule has 1 atom stereocenters. The first-order valence-electron chi connectivity index (χ1n) is 6.07. The number of oxazole rings is 1. The van der Waals surface area contributed by atoms with E-state index in [-0.39, 0.29) is 11.9 Å². The number of rotatable bonds is 2. The third kappa shape index (κ3) is 1.64. The summed E-state index contributed by atoms with van der Waals surface area (Å²) in [6.45, 7) is 3.98. The van der Waals surface area contributed by atoms with Gasteiger partial charge in [0.1, 0.15) is 11.8 Å². The predicted molar refractivity (Wildman–Crippen MR) is 65.4 cm³/mol. The number of amides is 1. The smallest absolute Gasteiger partial charge is 0.246 e. The van der Waals surface area contributed by atoms with E-state index in [1.54, 1.807) is 0 Å². The van der Waals surface area contributed by atoms with Crippen LogP contribution in [0.2, 0.25) is 0 Å². The van der Waals surface area contributed by atoms with E-state index in [1.807, 2.05) is 0 Å². The van der Waals surface area contributed by atoms with Crippen molar-refractivity contribution in [3.8, 4) is 0 Å². The summed E-state index contributed by atoms with van der Waals surface area (Å²) in [7, 11) is 0. The van der Waals surface area contributed by atoms with E-state index < -0.39 is 5.54 Å². The number of anilines is 1. The second-order valence-corrected chi connectivity index (χ2v) is 4.98. The molecule has 18 heavy (non-hydrogen) atoms. The first-order valence-corrected chi connectivity index (χ1v) is 6.07. The molecule has 4 N–H and O–H groups in total. The number of nitrogens with zero attached hydrogens (tertiary/aromatic N) is 1. The van der Waals surface area contributed by atoms with Gasteiger partial charge in [-0.2, -0.15) is 4.98 Å². The van der Waals surface area contributed by atoms with Crippen molar-refractivity contribution in [3.05, 3.63) is 24.4 Å². The van der Waals surface area contributed by atoms with Crippen LogP contribution < -0.4 is 16.4 Å². The number of carbonyl (C=O) groups excluding carboxylic acids is 1. The Morgan fingerprint density at radius 2 is 2.39 bits per heavy atom. The molecule has 6 nitrogen and oxygen atoms in total. The van der Waals surface area contributed by atoms with Crippen LogP contribution in [0.3, 0.4) is 0 Å². The summed E-state index contributed by atoms with van der Waals surface area (Å²) in [4.78, 5) is 16.1. The van der Waals surface area contributed by atoms with E-state index in [2.05, 4.69) is 22.2 Å². The van der Waals surface area contributed by atoms with Gasteiger partial charge in [0.15, 0.2) is 11.7 Å². The normalized spacial score (nSPS) is 25.4. The van der Waals surface area contributed by atoms with Crippen LogP contribution in [0.15, 0.2) is 23.0 Å². The Labute approximate surface area is 105 Å². The number of hydrogen-bond donors (Lipinski definition) is 3. The highest BCUT2D eigenvalue weighted by Gasteiger charge is 2.48. The maximum atomic E-state index is 12.1. The lowest BCUT2D eigenvalue weighted by Crippen LogP contribution is -2.68. The van der Waals surface area contributed by atoms with Gasteiger partial charge in [-0.25, -0.2) is 0 Å². The van der Waals surface area contributed by atoms with Crippen molar-refractivity contribution in [2.75, 3.05) is 5.73 Å². The van der Waals surface area contributed by atoms with Crippen LogP contribution in [0.1, 0.15) is 25.2 Å². The van der Waals surface area contributed by atoms with E-state index in [9.17, 15) is 4.79 Å². The fraction of sp³-hybridized carbons (Fsp3) is 0.500. The summed E-state index contributed by atoms with van der Waals surface area (Å²) in [5.41, 5.74) is 5.89. The molecule has 2 heterocycles. The van der Waals surface area contributed by atoms with Gasteiger partial charge in [-0.1, -0.05) is 6.58 Å². The number of piperazine rings is 1. The van der Waals surface area contributed by atoms with Gasteiger partial charge in [-0.05, 0) is 19.3 Å². The van der Waals surface area contributed by atoms with Crippen LogP contribution in [0.5, 0.6) is 0 Å². The van der Waals surface area contributed by atoms with Crippen molar-refractivity contribution in [1.29, 1.82) is 0 Å². The van der Waals surface area contributed by atoms with E-state index >= 15 is 0 Å². The van der Waals surface area contributed by atoms with Gasteiger partial charge in [0.2, 0.25) is 5.91 Å². The van der Waals surface area contributed by atoms with Crippen molar-refractivity contribution in [2.45, 2.75) is 37.3 Å². The molecule has 1 unspecified atom stereocenters. The average Bonchev–Trinajstić information content (AvgIpc) is 2.66. The molecule has 6 heteroatoms. The van der Waals surface area contributed by atoms with Gasteiger partial charge in [-0.15, -0.1) is 0 Å². The van der Waals surface area contributed by atoms with Gasteiger partial charge in [0, 0.05) is 5.70 Å². The minimum Gasteiger partial charge on any atom is -0.447 e. The van der Waals surface area contributed by atoms with Crippen LogP contribution >= 0.6 is 0 Å². The third-order valence-corrected chi connectivity index (χ3v) is 3.72. The quantitative estimate of drug-likeness (QED) is 0.701. The van der Waals surface area contributed by atoms with Gasteiger partial charge in [0.25, 0.3) is 0 Å². The highest BCUT2D eigenvalue weighted by molar-refractivity contribution is 5.89. The molecule has 2 aliphatic rings. The van der Waals surface area contributed by atoms with Crippen molar-refractivity contribution in [1.82, 2.24) is 15.6 Å². The Bertz CT molecular complexity index is 504. The van der Waals surface area contributed by atoms with E-state index in [4.69, 9.17) is 10.2 Å². The minimum atomic E-state index is -0.413. The summed E-state index contributed by atoms with van der Waals surface area (Å²) >= 11 is 0. The molecule has 1 saturated heterocycles. The first-order chi connectivity index (χ1) is 8.59. The van der Waals surface area contributed by atoms with Crippen LogP contribution in [0, 0.1) is 0 Å². The maximum Gasteiger partial charge on any atom is 0.246 e. The monoisotopic (exact) mass is 248 g/mol. The highest BCUT2D eigenvalue weighted by atomic mass is 16.3. The molecule has 2 fully saturated rings. The van der Waals surface area contributed by atoms with Crippen LogP contribution in [-0.2, 0) is 11.2 Å². The fourth-order valence-electron chi connectivity index (χ4n) is 2.48. The molecule has 0 radical (unpaired) electrons. The standard InChI is InChI=1S/C12H16N4O2/c1-7-8(5-10-15-9(13)6-18-10)14-11(17)12(16-7)3-2-4-12/h6,8,16H,1-5,13H2,(H,14,17). The average molecular weight is 248 g/mol. The van der Waals surface area contributed by atoms with E-state index in [0.29, 0.717) is 18.1 Å². The Kier molecular flexibility index (Phi) is 2.33. The van der Waals surface area contributed by atoms with Crippen molar-refractivity contribution in [2.24, 2.45) is 0 Å². The molecule has 1 aliphatic heterocycles. The predicted octanol–water partition coefficient (Wildman–Crippen LogP) is 0.324. The minimum absolute atomic E-state index is 0.0469. The summed E-state index contributed by atoms with van der Waals surface area (Å²) in [6.07, 6.45) is 4.68. The van der Waals surface area contributed by atoms with E-state index in [1.165, 1.54) is 6.26 Å². The lowest BCUT2D eigenvalue weighted by Gasteiger charge is -2.47. The number of nitrogens with one attached hydrogen (secondary N) is 2. The largest absolute Gasteiger partial charge is 0.447 e. The van der Waals surface area contributed by atoms with Crippen LogP contribution in [0.4, 0.5) is 5.82 Å². The number of hydrogen-bond acceptors (Lipinski definition) is 5. The van der Waals surface area contributed by atoms with Crippen molar-refractivity contribution in [3.63, 3.8) is 0 Å². The second-order valence-electron chi connectivity index (χ2n) is 4.98. The van der Waals surface area contributed by atoms with E-state index in [0.717, 1.165) is 25.0 Å². The maximum absolute atomic E-state index is 12.1.